The van der Waals surface area contributed by atoms with E-state index in [2.05, 4.69) is 10.2 Å². The number of benzene rings is 2. The van der Waals surface area contributed by atoms with Crippen molar-refractivity contribution in [2.75, 3.05) is 32.2 Å². The molecule has 154 valence electrons. The van der Waals surface area contributed by atoms with Gasteiger partial charge in [-0.15, -0.1) is 0 Å². The first-order chi connectivity index (χ1) is 14.2. The van der Waals surface area contributed by atoms with E-state index < -0.39 is 0 Å². The normalized spacial score (nSPS) is 22.9. The Morgan fingerprint density at radius 1 is 1.07 bits per heavy atom. The summed E-state index contributed by atoms with van der Waals surface area (Å²) in [5, 5.41) is 3.06. The quantitative estimate of drug-likeness (QED) is 0.812. The summed E-state index contributed by atoms with van der Waals surface area (Å²) < 4.78 is 17.0. The maximum absolute atomic E-state index is 13.2. The molecule has 1 amide bonds. The van der Waals surface area contributed by atoms with Crippen molar-refractivity contribution in [3.63, 3.8) is 0 Å². The predicted octanol–water partition coefficient (Wildman–Crippen LogP) is 3.33. The van der Waals surface area contributed by atoms with E-state index in [-0.39, 0.29) is 18.1 Å². The van der Waals surface area contributed by atoms with Crippen LogP contribution in [0.5, 0.6) is 11.5 Å². The number of anilines is 1. The van der Waals surface area contributed by atoms with Crippen molar-refractivity contribution in [2.45, 2.75) is 37.5 Å². The van der Waals surface area contributed by atoms with E-state index in [0.717, 1.165) is 49.8 Å². The summed E-state index contributed by atoms with van der Waals surface area (Å²) in [4.78, 5) is 15.5. The van der Waals surface area contributed by atoms with Crippen LogP contribution in [0.25, 0.3) is 0 Å². The average Bonchev–Trinajstić information content (AvgIpc) is 3.19. The molecule has 0 aromatic heterocycles. The molecule has 2 saturated heterocycles. The average molecular weight is 396 g/mol. The Labute approximate surface area is 171 Å². The molecule has 0 bridgehead atoms. The lowest BCUT2D eigenvalue weighted by atomic mass is 10.1. The van der Waals surface area contributed by atoms with Crippen LogP contribution in [-0.2, 0) is 9.53 Å². The summed E-state index contributed by atoms with van der Waals surface area (Å²) in [6.07, 6.45) is 2.55. The van der Waals surface area contributed by atoms with E-state index in [1.54, 1.807) is 7.11 Å². The highest BCUT2D eigenvalue weighted by Gasteiger charge is 2.41. The Kier molecular flexibility index (Phi) is 6.32. The predicted molar refractivity (Wildman–Crippen MR) is 111 cm³/mol. The number of ether oxygens (including phenoxy) is 3. The van der Waals surface area contributed by atoms with Crippen molar-refractivity contribution >= 4 is 11.6 Å². The summed E-state index contributed by atoms with van der Waals surface area (Å²) in [6.45, 7) is 2.24. The third kappa shape index (κ3) is 4.89. The van der Waals surface area contributed by atoms with Crippen LogP contribution < -0.4 is 14.8 Å². The zero-order chi connectivity index (χ0) is 20.1. The number of likely N-dealkylation sites (tertiary alicyclic amines) is 1. The van der Waals surface area contributed by atoms with Gasteiger partial charge in [0, 0.05) is 44.0 Å². The summed E-state index contributed by atoms with van der Waals surface area (Å²) >= 11 is 0. The molecule has 2 aromatic carbocycles. The molecular weight excluding hydrogens is 368 g/mol. The minimum atomic E-state index is -0.224. The Balaban J connectivity index is 1.48. The van der Waals surface area contributed by atoms with Gasteiger partial charge in [-0.3, -0.25) is 9.69 Å². The number of nitrogens with one attached hydrogen (secondary N) is 1. The van der Waals surface area contributed by atoms with Gasteiger partial charge in [-0.2, -0.15) is 0 Å². The van der Waals surface area contributed by atoms with Crippen molar-refractivity contribution in [3.8, 4) is 11.5 Å². The Hall–Kier alpha value is -2.57. The lowest BCUT2D eigenvalue weighted by Crippen LogP contribution is -2.47. The third-order valence-corrected chi connectivity index (χ3v) is 5.65. The molecule has 2 atom stereocenters. The molecule has 6 heteroatoms. The number of para-hydroxylation sites is 1. The molecule has 2 aliphatic heterocycles. The van der Waals surface area contributed by atoms with Crippen LogP contribution in [0.4, 0.5) is 5.69 Å². The molecule has 6 nitrogen and oxygen atoms in total. The van der Waals surface area contributed by atoms with E-state index >= 15 is 0 Å². The smallest absolute Gasteiger partial charge is 0.241 e. The van der Waals surface area contributed by atoms with Gasteiger partial charge in [-0.05, 0) is 37.1 Å². The Bertz CT molecular complexity index is 808. The van der Waals surface area contributed by atoms with Gasteiger partial charge in [0.25, 0.3) is 0 Å². The molecule has 2 fully saturated rings. The molecule has 2 aromatic rings. The van der Waals surface area contributed by atoms with Crippen LogP contribution in [0.1, 0.15) is 19.3 Å². The van der Waals surface area contributed by atoms with Gasteiger partial charge < -0.3 is 19.5 Å². The zero-order valence-corrected chi connectivity index (χ0v) is 16.8. The summed E-state index contributed by atoms with van der Waals surface area (Å²) in [6, 6.07) is 17.4. The van der Waals surface area contributed by atoms with Crippen molar-refractivity contribution < 1.29 is 19.0 Å². The fraction of sp³-hybridized carbons (Fsp3) is 0.435. The molecule has 2 aliphatic rings. The SMILES string of the molecule is COc1cccc(NC(=O)[C@@H]2C[C@H](Oc3ccccc3)CN2C2CCOCC2)c1. The summed E-state index contributed by atoms with van der Waals surface area (Å²) in [5.74, 6) is 1.57. The lowest BCUT2D eigenvalue weighted by Gasteiger charge is -2.34. The highest BCUT2D eigenvalue weighted by atomic mass is 16.5. The summed E-state index contributed by atoms with van der Waals surface area (Å²) in [5.41, 5.74) is 0.744. The number of methoxy groups -OCH3 is 1. The second kappa shape index (κ2) is 9.29. The van der Waals surface area contributed by atoms with Gasteiger partial charge in [-0.25, -0.2) is 0 Å². The van der Waals surface area contributed by atoms with Gasteiger partial charge in [0.15, 0.2) is 0 Å². The highest BCUT2D eigenvalue weighted by Crippen LogP contribution is 2.29. The molecule has 0 spiro atoms. The van der Waals surface area contributed by atoms with Gasteiger partial charge >= 0.3 is 0 Å². The van der Waals surface area contributed by atoms with Gasteiger partial charge in [0.1, 0.15) is 17.6 Å². The molecule has 1 N–H and O–H groups in total. The molecule has 0 saturated carbocycles. The van der Waals surface area contributed by atoms with Gasteiger partial charge in [0.05, 0.1) is 13.2 Å². The Morgan fingerprint density at radius 2 is 1.83 bits per heavy atom. The molecule has 4 rings (SSSR count). The molecule has 0 radical (unpaired) electrons. The number of nitrogens with zero attached hydrogens (tertiary/aromatic N) is 1. The van der Waals surface area contributed by atoms with E-state index in [1.807, 2.05) is 54.6 Å². The minimum Gasteiger partial charge on any atom is -0.497 e. The zero-order valence-electron chi connectivity index (χ0n) is 16.8. The largest absolute Gasteiger partial charge is 0.497 e. The van der Waals surface area contributed by atoms with E-state index in [4.69, 9.17) is 14.2 Å². The second-order valence-electron chi connectivity index (χ2n) is 7.57. The number of carbonyl (C=O) groups excluding carboxylic acids is 1. The maximum atomic E-state index is 13.2. The van der Waals surface area contributed by atoms with E-state index in [0.29, 0.717) is 12.5 Å². The third-order valence-electron chi connectivity index (χ3n) is 5.65. The second-order valence-corrected chi connectivity index (χ2v) is 7.57. The minimum absolute atomic E-state index is 0.00362. The first-order valence-corrected chi connectivity index (χ1v) is 10.2. The molecule has 0 unspecified atom stereocenters. The number of amides is 1. The van der Waals surface area contributed by atoms with Crippen LogP contribution in [0, 0.1) is 0 Å². The maximum Gasteiger partial charge on any atom is 0.241 e. The van der Waals surface area contributed by atoms with Crippen LogP contribution in [0.2, 0.25) is 0 Å². The Morgan fingerprint density at radius 3 is 2.59 bits per heavy atom. The van der Waals surface area contributed by atoms with Crippen LogP contribution in [-0.4, -0.2) is 55.9 Å². The molecule has 0 aliphatic carbocycles. The first kappa shape index (κ1) is 19.7. The van der Waals surface area contributed by atoms with E-state index in [9.17, 15) is 4.79 Å². The molecular formula is C23H28N2O4. The monoisotopic (exact) mass is 396 g/mol. The van der Waals surface area contributed by atoms with Crippen molar-refractivity contribution in [1.82, 2.24) is 4.90 Å². The fourth-order valence-corrected chi connectivity index (χ4v) is 4.20. The van der Waals surface area contributed by atoms with Crippen LogP contribution >= 0.6 is 0 Å². The number of hydrogen-bond donors (Lipinski definition) is 1. The van der Waals surface area contributed by atoms with Crippen LogP contribution in [0.15, 0.2) is 54.6 Å². The van der Waals surface area contributed by atoms with Crippen LogP contribution in [0.3, 0.4) is 0 Å². The molecule has 2 heterocycles. The lowest BCUT2D eigenvalue weighted by molar-refractivity contribution is -0.121. The van der Waals surface area contributed by atoms with Gasteiger partial charge in [0.2, 0.25) is 5.91 Å². The standard InChI is InChI=1S/C23H28N2O4/c1-27-20-9-5-6-17(14-20)24-23(26)22-15-21(29-19-7-3-2-4-8-19)16-25(22)18-10-12-28-13-11-18/h2-9,14,18,21-22H,10-13,15-16H2,1H3,(H,24,26)/t21-,22-/m0/s1. The molecule has 29 heavy (non-hydrogen) atoms. The summed E-state index contributed by atoms with van der Waals surface area (Å²) in [7, 11) is 1.62. The van der Waals surface area contributed by atoms with Crippen molar-refractivity contribution in [1.29, 1.82) is 0 Å². The number of rotatable bonds is 6. The van der Waals surface area contributed by atoms with Gasteiger partial charge in [-0.1, -0.05) is 24.3 Å². The fourth-order valence-electron chi connectivity index (χ4n) is 4.20. The topological polar surface area (TPSA) is 60.0 Å². The number of hydrogen-bond acceptors (Lipinski definition) is 5. The van der Waals surface area contributed by atoms with Crippen molar-refractivity contribution in [2.24, 2.45) is 0 Å². The van der Waals surface area contributed by atoms with Crippen molar-refractivity contribution in [3.05, 3.63) is 54.6 Å². The van der Waals surface area contributed by atoms with E-state index in [1.165, 1.54) is 0 Å². The number of carbonyl (C=O) groups is 1. The highest BCUT2D eigenvalue weighted by molar-refractivity contribution is 5.95. The first-order valence-electron chi connectivity index (χ1n) is 10.2.